The smallest absolute Gasteiger partial charge is 0.338 e. The van der Waals surface area contributed by atoms with Crippen LogP contribution in [0.15, 0.2) is 48.5 Å². The van der Waals surface area contributed by atoms with Crippen molar-refractivity contribution in [2.75, 3.05) is 36.6 Å². The van der Waals surface area contributed by atoms with Gasteiger partial charge < -0.3 is 24.4 Å². The number of benzene rings is 2. The van der Waals surface area contributed by atoms with E-state index in [0.29, 0.717) is 35.9 Å². The molecule has 0 aliphatic carbocycles. The van der Waals surface area contributed by atoms with Crippen LogP contribution in [0.5, 0.6) is 5.75 Å². The van der Waals surface area contributed by atoms with Crippen LogP contribution in [-0.4, -0.2) is 50.1 Å². The quantitative estimate of drug-likeness (QED) is 0.350. The molecule has 9 nitrogen and oxygen atoms in total. The van der Waals surface area contributed by atoms with Gasteiger partial charge >= 0.3 is 11.9 Å². The van der Waals surface area contributed by atoms with Crippen LogP contribution in [0.4, 0.5) is 11.4 Å². The summed E-state index contributed by atoms with van der Waals surface area (Å²) < 4.78 is 15.7. The van der Waals surface area contributed by atoms with E-state index in [1.807, 2.05) is 6.92 Å². The number of hydrogen-bond donors (Lipinski definition) is 1. The number of esters is 2. The summed E-state index contributed by atoms with van der Waals surface area (Å²) in [6.45, 7) is 4.56. The molecular weight excluding hydrogens is 464 g/mol. The third-order valence-corrected chi connectivity index (χ3v) is 5.65. The van der Waals surface area contributed by atoms with Crippen LogP contribution < -0.4 is 15.0 Å². The Balaban J connectivity index is 1.46. The molecule has 1 N–H and O–H groups in total. The van der Waals surface area contributed by atoms with Crippen molar-refractivity contribution < 1.29 is 33.4 Å². The minimum Gasteiger partial charge on any atom is -0.494 e. The number of amides is 2. The average Bonchev–Trinajstić information content (AvgIpc) is 3.28. The van der Waals surface area contributed by atoms with Crippen LogP contribution in [-0.2, 0) is 23.9 Å². The maximum Gasteiger partial charge on any atom is 0.338 e. The van der Waals surface area contributed by atoms with Gasteiger partial charge in [0.2, 0.25) is 5.91 Å². The summed E-state index contributed by atoms with van der Waals surface area (Å²) in [5.41, 5.74) is 1.53. The van der Waals surface area contributed by atoms with Gasteiger partial charge in [-0.1, -0.05) is 19.8 Å². The minimum atomic E-state index is -0.681. The molecule has 1 saturated heterocycles. The Morgan fingerprint density at radius 1 is 0.972 bits per heavy atom. The molecule has 0 saturated carbocycles. The fraction of sp³-hybridized carbons (Fsp3) is 0.407. The molecule has 1 aliphatic heterocycles. The van der Waals surface area contributed by atoms with Crippen molar-refractivity contribution in [3.63, 3.8) is 0 Å². The summed E-state index contributed by atoms with van der Waals surface area (Å²) >= 11 is 0. The van der Waals surface area contributed by atoms with E-state index in [1.165, 1.54) is 4.90 Å². The van der Waals surface area contributed by atoms with Crippen molar-refractivity contribution in [2.45, 2.75) is 39.5 Å². The highest BCUT2D eigenvalue weighted by atomic mass is 16.5. The molecule has 0 bridgehead atoms. The number of nitrogens with one attached hydrogen (secondary N) is 1. The van der Waals surface area contributed by atoms with Gasteiger partial charge in [0.25, 0.3) is 5.91 Å². The second kappa shape index (κ2) is 13.3. The molecule has 1 heterocycles. The molecule has 1 aliphatic rings. The summed E-state index contributed by atoms with van der Waals surface area (Å²) in [5.74, 6) is -1.72. The normalized spacial score (nSPS) is 14.9. The van der Waals surface area contributed by atoms with Gasteiger partial charge in [0.05, 0.1) is 24.7 Å². The first-order valence-electron chi connectivity index (χ1n) is 12.2. The molecule has 9 heteroatoms. The van der Waals surface area contributed by atoms with Gasteiger partial charge in [-0.25, -0.2) is 4.79 Å². The number of nitrogens with zero attached hydrogens (tertiary/aromatic N) is 1. The molecule has 0 unspecified atom stereocenters. The predicted octanol–water partition coefficient (Wildman–Crippen LogP) is 3.97. The van der Waals surface area contributed by atoms with Gasteiger partial charge in [-0.15, -0.1) is 0 Å². The predicted molar refractivity (Wildman–Crippen MR) is 134 cm³/mol. The Morgan fingerprint density at radius 3 is 2.36 bits per heavy atom. The number of hydrogen-bond acceptors (Lipinski definition) is 7. The molecule has 0 spiro atoms. The van der Waals surface area contributed by atoms with Crippen LogP contribution in [0.3, 0.4) is 0 Å². The first-order valence-corrected chi connectivity index (χ1v) is 12.2. The van der Waals surface area contributed by atoms with Gasteiger partial charge in [0.1, 0.15) is 5.75 Å². The zero-order valence-corrected chi connectivity index (χ0v) is 20.7. The maximum absolute atomic E-state index is 12.5. The van der Waals surface area contributed by atoms with Crippen LogP contribution >= 0.6 is 0 Å². The number of carbonyl (C=O) groups is 4. The molecule has 192 valence electrons. The van der Waals surface area contributed by atoms with Crippen molar-refractivity contribution in [3.05, 3.63) is 54.1 Å². The van der Waals surface area contributed by atoms with E-state index in [0.717, 1.165) is 19.3 Å². The van der Waals surface area contributed by atoms with Crippen LogP contribution in [0, 0.1) is 5.92 Å². The lowest BCUT2D eigenvalue weighted by Crippen LogP contribution is -2.28. The third kappa shape index (κ3) is 7.56. The Hall–Kier alpha value is -3.88. The number of anilines is 2. The zero-order chi connectivity index (χ0) is 25.9. The lowest BCUT2D eigenvalue weighted by atomic mass is 10.1. The van der Waals surface area contributed by atoms with E-state index < -0.39 is 30.4 Å². The van der Waals surface area contributed by atoms with Crippen molar-refractivity contribution in [1.29, 1.82) is 0 Å². The number of ether oxygens (including phenoxy) is 3. The van der Waals surface area contributed by atoms with E-state index in [2.05, 4.69) is 12.2 Å². The lowest BCUT2D eigenvalue weighted by Gasteiger charge is -2.17. The van der Waals surface area contributed by atoms with Crippen molar-refractivity contribution in [3.8, 4) is 5.75 Å². The average molecular weight is 497 g/mol. The molecule has 0 radical (unpaired) electrons. The maximum atomic E-state index is 12.5. The topological polar surface area (TPSA) is 111 Å². The first-order chi connectivity index (χ1) is 17.4. The monoisotopic (exact) mass is 496 g/mol. The van der Waals surface area contributed by atoms with Gasteiger partial charge in [0.15, 0.2) is 6.61 Å². The molecule has 2 amide bonds. The number of unbranched alkanes of at least 4 members (excludes halogenated alkanes) is 2. The fourth-order valence-corrected chi connectivity index (χ4v) is 3.75. The van der Waals surface area contributed by atoms with E-state index in [-0.39, 0.29) is 18.9 Å². The van der Waals surface area contributed by atoms with Gasteiger partial charge in [-0.2, -0.15) is 0 Å². The molecule has 36 heavy (non-hydrogen) atoms. The van der Waals surface area contributed by atoms with E-state index in [1.54, 1.807) is 48.5 Å². The molecule has 0 aromatic heterocycles. The highest BCUT2D eigenvalue weighted by Crippen LogP contribution is 2.26. The summed E-state index contributed by atoms with van der Waals surface area (Å²) in [5, 5.41) is 2.65. The van der Waals surface area contributed by atoms with Crippen LogP contribution in [0.2, 0.25) is 0 Å². The number of rotatable bonds is 12. The second-order valence-corrected chi connectivity index (χ2v) is 8.41. The Labute approximate surface area is 210 Å². The van der Waals surface area contributed by atoms with Crippen LogP contribution in [0.1, 0.15) is 49.9 Å². The zero-order valence-electron chi connectivity index (χ0n) is 20.7. The first kappa shape index (κ1) is 26.7. The highest BCUT2D eigenvalue weighted by molar-refractivity contribution is 6.00. The van der Waals surface area contributed by atoms with Crippen LogP contribution in [0.25, 0.3) is 0 Å². The Bertz CT molecular complexity index is 1050. The second-order valence-electron chi connectivity index (χ2n) is 8.41. The van der Waals surface area contributed by atoms with Crippen molar-refractivity contribution in [1.82, 2.24) is 0 Å². The van der Waals surface area contributed by atoms with E-state index in [4.69, 9.17) is 14.2 Å². The van der Waals surface area contributed by atoms with Crippen molar-refractivity contribution in [2.24, 2.45) is 5.92 Å². The standard InChI is InChI=1S/C27H32N2O7/c1-3-5-6-15-35-26(32)19-7-11-22(12-8-19)29-17-20(16-25(29)31)27(33)36-18-24(30)28-21-9-13-23(14-10-21)34-4-2/h7-14,20H,3-6,15-18H2,1-2H3,(H,28,30)/t20-/m1/s1. The summed E-state index contributed by atoms with van der Waals surface area (Å²) in [7, 11) is 0. The van der Waals surface area contributed by atoms with E-state index in [9.17, 15) is 19.2 Å². The summed E-state index contributed by atoms with van der Waals surface area (Å²) in [6.07, 6.45) is 2.85. The van der Waals surface area contributed by atoms with Crippen molar-refractivity contribution >= 4 is 35.1 Å². The SMILES string of the molecule is CCCCCOC(=O)c1ccc(N2C[C@H](C(=O)OCC(=O)Nc3ccc(OCC)cc3)CC2=O)cc1. The molecule has 2 aromatic carbocycles. The Kier molecular flexibility index (Phi) is 9.85. The summed E-state index contributed by atoms with van der Waals surface area (Å²) in [6, 6.07) is 13.3. The lowest BCUT2D eigenvalue weighted by molar-refractivity contribution is -0.151. The molecule has 1 atom stereocenters. The molecule has 2 aromatic rings. The van der Waals surface area contributed by atoms with Gasteiger partial charge in [0, 0.05) is 24.3 Å². The fourth-order valence-electron chi connectivity index (χ4n) is 3.75. The molecular formula is C27H32N2O7. The van der Waals surface area contributed by atoms with E-state index >= 15 is 0 Å². The third-order valence-electron chi connectivity index (χ3n) is 5.65. The summed E-state index contributed by atoms with van der Waals surface area (Å²) in [4.78, 5) is 50.7. The van der Waals surface area contributed by atoms with Gasteiger partial charge in [-0.05, 0) is 61.9 Å². The highest BCUT2D eigenvalue weighted by Gasteiger charge is 2.36. The molecule has 1 fully saturated rings. The largest absolute Gasteiger partial charge is 0.494 e. The minimum absolute atomic E-state index is 0.0133. The van der Waals surface area contributed by atoms with Gasteiger partial charge in [-0.3, -0.25) is 14.4 Å². The molecule has 3 rings (SSSR count). The Morgan fingerprint density at radius 2 is 1.69 bits per heavy atom. The number of carbonyl (C=O) groups excluding carboxylic acids is 4.